The van der Waals surface area contributed by atoms with Crippen LogP contribution in [-0.2, 0) is 30.8 Å². The molecule has 148 valence electrons. The summed E-state index contributed by atoms with van der Waals surface area (Å²) in [6.45, 7) is 5.89. The topological polar surface area (TPSA) is 90.7 Å². The van der Waals surface area contributed by atoms with Crippen LogP contribution in [0, 0.1) is 0 Å². The minimum Gasteiger partial charge on any atom is -0.468 e. The number of aryl methyl sites for hydroxylation is 1. The van der Waals surface area contributed by atoms with Crippen LogP contribution >= 0.6 is 11.8 Å². The predicted octanol–water partition coefficient (Wildman–Crippen LogP) is 1.73. The molecule has 0 bridgehead atoms. The van der Waals surface area contributed by atoms with Crippen molar-refractivity contribution in [3.63, 3.8) is 0 Å². The van der Waals surface area contributed by atoms with E-state index in [0.29, 0.717) is 43.5 Å². The highest BCUT2D eigenvalue weighted by molar-refractivity contribution is 8.00. The number of imidazole rings is 1. The van der Waals surface area contributed by atoms with Gasteiger partial charge in [0.2, 0.25) is 10.0 Å². The molecule has 1 aromatic heterocycles. The molecule has 0 spiro atoms. The molecule has 1 saturated heterocycles. The van der Waals surface area contributed by atoms with Crippen molar-refractivity contribution in [1.29, 1.82) is 0 Å². The van der Waals surface area contributed by atoms with Crippen molar-refractivity contribution in [3.05, 3.63) is 18.2 Å². The van der Waals surface area contributed by atoms with Gasteiger partial charge >= 0.3 is 5.97 Å². The summed E-state index contributed by atoms with van der Waals surface area (Å²) in [7, 11) is -2.23. The lowest BCUT2D eigenvalue weighted by Crippen LogP contribution is -2.40. The first kappa shape index (κ1) is 20.1. The van der Waals surface area contributed by atoms with E-state index in [1.165, 1.54) is 23.2 Å². The number of hydrogen-bond donors (Lipinski definition) is 0. The number of morpholine rings is 1. The van der Waals surface area contributed by atoms with Gasteiger partial charge in [-0.2, -0.15) is 4.31 Å². The van der Waals surface area contributed by atoms with Crippen LogP contribution in [0.1, 0.15) is 13.8 Å². The van der Waals surface area contributed by atoms with Gasteiger partial charge in [0.1, 0.15) is 5.25 Å². The molecule has 1 aliphatic heterocycles. The summed E-state index contributed by atoms with van der Waals surface area (Å²) < 4.78 is 39.1. The molecule has 1 atom stereocenters. The van der Waals surface area contributed by atoms with Gasteiger partial charge in [0.25, 0.3) is 0 Å². The molecule has 0 saturated carbocycles. The number of ether oxygens (including phenoxy) is 2. The van der Waals surface area contributed by atoms with E-state index in [9.17, 15) is 13.2 Å². The molecular formula is C17H23N3O5S2. The Morgan fingerprint density at radius 1 is 1.37 bits per heavy atom. The number of aromatic nitrogens is 2. The Labute approximate surface area is 162 Å². The summed E-state index contributed by atoms with van der Waals surface area (Å²) >= 11 is 1.30. The molecule has 1 aliphatic rings. The van der Waals surface area contributed by atoms with Gasteiger partial charge in [-0.3, -0.25) is 4.79 Å². The van der Waals surface area contributed by atoms with Crippen molar-refractivity contribution in [2.75, 3.05) is 33.4 Å². The van der Waals surface area contributed by atoms with Crippen molar-refractivity contribution in [1.82, 2.24) is 13.9 Å². The minimum atomic E-state index is -3.58. The van der Waals surface area contributed by atoms with Gasteiger partial charge in [0.15, 0.2) is 5.16 Å². The average Bonchev–Trinajstić information content (AvgIpc) is 3.03. The number of benzene rings is 1. The van der Waals surface area contributed by atoms with Crippen LogP contribution in [0.15, 0.2) is 28.3 Å². The van der Waals surface area contributed by atoms with E-state index < -0.39 is 15.3 Å². The smallest absolute Gasteiger partial charge is 0.318 e. The Morgan fingerprint density at radius 2 is 2.07 bits per heavy atom. The minimum absolute atomic E-state index is 0.218. The molecule has 0 radical (unpaired) electrons. The Morgan fingerprint density at radius 3 is 2.70 bits per heavy atom. The summed E-state index contributed by atoms with van der Waals surface area (Å²) in [4.78, 5) is 16.5. The van der Waals surface area contributed by atoms with Crippen LogP contribution in [0.5, 0.6) is 0 Å². The third kappa shape index (κ3) is 3.98. The number of fused-ring (bicyclic) bond motifs is 1. The molecule has 3 rings (SSSR count). The molecule has 1 aromatic carbocycles. The molecule has 10 heteroatoms. The van der Waals surface area contributed by atoms with Crippen LogP contribution in [0.25, 0.3) is 11.0 Å². The maximum absolute atomic E-state index is 12.9. The number of methoxy groups -OCH3 is 1. The normalized spacial score (nSPS) is 17.1. The first-order valence-corrected chi connectivity index (χ1v) is 11.0. The van der Waals surface area contributed by atoms with Gasteiger partial charge in [0.05, 0.1) is 36.3 Å². The number of esters is 1. The van der Waals surface area contributed by atoms with E-state index in [1.54, 1.807) is 25.1 Å². The standard InChI is InChI=1S/C17H23N3O5S2/c1-4-20-15-6-5-13(27(22,23)19-7-9-25-10-8-19)11-14(15)18-17(20)26-12(2)16(21)24-3/h5-6,11-12H,4,7-10H2,1-3H3/t12-/m1/s1. The largest absolute Gasteiger partial charge is 0.468 e. The summed E-state index contributed by atoms with van der Waals surface area (Å²) in [6.07, 6.45) is 0. The first-order chi connectivity index (χ1) is 12.9. The van der Waals surface area contributed by atoms with E-state index in [2.05, 4.69) is 4.98 Å². The van der Waals surface area contributed by atoms with Crippen LogP contribution in [0.4, 0.5) is 0 Å². The SMILES string of the molecule is CCn1c(S[C@H](C)C(=O)OC)nc2cc(S(=O)(=O)N3CCOCC3)ccc21. The zero-order valence-corrected chi connectivity index (χ0v) is 17.2. The Kier molecular flexibility index (Phi) is 6.09. The van der Waals surface area contributed by atoms with Gasteiger partial charge < -0.3 is 14.0 Å². The molecule has 0 unspecified atom stereocenters. The molecule has 0 aliphatic carbocycles. The van der Waals surface area contributed by atoms with E-state index in [1.807, 2.05) is 11.5 Å². The zero-order valence-electron chi connectivity index (χ0n) is 15.5. The number of sulfonamides is 1. The molecule has 0 N–H and O–H groups in total. The summed E-state index contributed by atoms with van der Waals surface area (Å²) in [5.74, 6) is -0.328. The third-order valence-corrected chi connectivity index (χ3v) is 7.39. The van der Waals surface area contributed by atoms with Gasteiger partial charge in [-0.15, -0.1) is 0 Å². The lowest BCUT2D eigenvalue weighted by atomic mass is 10.3. The van der Waals surface area contributed by atoms with Crippen molar-refractivity contribution in [2.45, 2.75) is 35.7 Å². The molecule has 1 fully saturated rings. The second kappa shape index (κ2) is 8.17. The highest BCUT2D eigenvalue weighted by atomic mass is 32.2. The van der Waals surface area contributed by atoms with Crippen molar-refractivity contribution < 1.29 is 22.7 Å². The molecule has 0 amide bonds. The van der Waals surface area contributed by atoms with Crippen molar-refractivity contribution in [3.8, 4) is 0 Å². The van der Waals surface area contributed by atoms with Crippen molar-refractivity contribution >= 4 is 38.8 Å². The molecule has 2 heterocycles. The second-order valence-electron chi connectivity index (χ2n) is 6.09. The average molecular weight is 414 g/mol. The number of thioether (sulfide) groups is 1. The quantitative estimate of drug-likeness (QED) is 0.526. The fraction of sp³-hybridized carbons (Fsp3) is 0.529. The maximum atomic E-state index is 12.9. The summed E-state index contributed by atoms with van der Waals surface area (Å²) in [5.41, 5.74) is 1.42. The monoisotopic (exact) mass is 413 g/mol. The number of rotatable bonds is 6. The molecule has 27 heavy (non-hydrogen) atoms. The van der Waals surface area contributed by atoms with Crippen LogP contribution in [0.3, 0.4) is 0 Å². The van der Waals surface area contributed by atoms with E-state index in [4.69, 9.17) is 9.47 Å². The summed E-state index contributed by atoms with van der Waals surface area (Å²) in [6, 6.07) is 4.98. The number of carbonyl (C=O) groups excluding carboxylic acids is 1. The Bertz CT molecular complexity index is 935. The second-order valence-corrected chi connectivity index (χ2v) is 9.33. The molecular weight excluding hydrogens is 390 g/mol. The van der Waals surface area contributed by atoms with E-state index in [0.717, 1.165) is 5.52 Å². The maximum Gasteiger partial charge on any atom is 0.318 e. The Balaban J connectivity index is 1.97. The van der Waals surface area contributed by atoms with Gasteiger partial charge in [-0.1, -0.05) is 11.8 Å². The van der Waals surface area contributed by atoms with Crippen LogP contribution < -0.4 is 0 Å². The number of hydrogen-bond acceptors (Lipinski definition) is 7. The summed E-state index contributed by atoms with van der Waals surface area (Å²) in [5, 5.41) is 0.250. The zero-order chi connectivity index (χ0) is 19.6. The number of carbonyl (C=O) groups is 1. The fourth-order valence-electron chi connectivity index (χ4n) is 2.95. The van der Waals surface area contributed by atoms with Gasteiger partial charge in [-0.25, -0.2) is 13.4 Å². The van der Waals surface area contributed by atoms with E-state index in [-0.39, 0.29) is 10.9 Å². The van der Waals surface area contributed by atoms with Crippen LogP contribution in [-0.4, -0.2) is 66.9 Å². The lowest BCUT2D eigenvalue weighted by Gasteiger charge is -2.26. The fourth-order valence-corrected chi connectivity index (χ4v) is 5.39. The predicted molar refractivity (Wildman–Crippen MR) is 102 cm³/mol. The van der Waals surface area contributed by atoms with Gasteiger partial charge in [0, 0.05) is 19.6 Å². The number of nitrogens with zero attached hydrogens (tertiary/aromatic N) is 3. The van der Waals surface area contributed by atoms with Crippen LogP contribution in [0.2, 0.25) is 0 Å². The van der Waals surface area contributed by atoms with Gasteiger partial charge in [-0.05, 0) is 32.0 Å². The molecule has 8 nitrogen and oxygen atoms in total. The van der Waals surface area contributed by atoms with E-state index >= 15 is 0 Å². The third-order valence-electron chi connectivity index (χ3n) is 4.42. The first-order valence-electron chi connectivity index (χ1n) is 8.71. The highest BCUT2D eigenvalue weighted by Crippen LogP contribution is 2.29. The Hall–Kier alpha value is -1.62. The lowest BCUT2D eigenvalue weighted by molar-refractivity contribution is -0.139. The highest BCUT2D eigenvalue weighted by Gasteiger charge is 2.27. The van der Waals surface area contributed by atoms with Crippen molar-refractivity contribution in [2.24, 2.45) is 0 Å². The molecule has 2 aromatic rings.